The lowest BCUT2D eigenvalue weighted by molar-refractivity contribution is -0.665. The summed E-state index contributed by atoms with van der Waals surface area (Å²) in [5, 5.41) is 1.22. The smallest absolute Gasteiger partial charge is 0.264 e. The Bertz CT molecular complexity index is 1040. The molecule has 0 aliphatic carbocycles. The molecule has 0 atom stereocenters. The van der Waals surface area contributed by atoms with E-state index in [1.165, 1.54) is 15.2 Å². The highest BCUT2D eigenvalue weighted by Gasteiger charge is 2.16. The number of benzene rings is 1. The van der Waals surface area contributed by atoms with Gasteiger partial charge in [0, 0.05) is 24.9 Å². The first-order chi connectivity index (χ1) is 12.3. The second-order valence-electron chi connectivity index (χ2n) is 5.61. The van der Waals surface area contributed by atoms with Crippen LogP contribution in [0.2, 0.25) is 0 Å². The Labute approximate surface area is 154 Å². The minimum Gasteiger partial charge on any atom is -0.474 e. The SMILES string of the molecule is CCn1c2c(sc1=NC=Cc1sc3ccccc3[n+]1CC)C=CCO2. The minimum atomic E-state index is 0.636. The summed E-state index contributed by atoms with van der Waals surface area (Å²) in [6.45, 7) is 6.73. The third kappa shape index (κ3) is 2.96. The molecular weight excluding hydrogens is 350 g/mol. The highest BCUT2D eigenvalue weighted by molar-refractivity contribution is 7.18. The van der Waals surface area contributed by atoms with Gasteiger partial charge in [0.15, 0.2) is 4.80 Å². The summed E-state index contributed by atoms with van der Waals surface area (Å²) >= 11 is 3.46. The third-order valence-corrected chi connectivity index (χ3v) is 6.31. The average Bonchev–Trinajstić information content (AvgIpc) is 3.18. The second-order valence-corrected chi connectivity index (χ2v) is 7.68. The Morgan fingerprint density at radius 2 is 2.16 bits per heavy atom. The van der Waals surface area contributed by atoms with E-state index in [1.54, 1.807) is 22.7 Å². The van der Waals surface area contributed by atoms with Crippen LogP contribution in [0.1, 0.15) is 23.7 Å². The average molecular weight is 371 g/mol. The lowest BCUT2D eigenvalue weighted by Gasteiger charge is -2.10. The van der Waals surface area contributed by atoms with Gasteiger partial charge in [-0.15, -0.1) is 0 Å². The molecule has 0 unspecified atom stereocenters. The molecule has 0 bridgehead atoms. The molecule has 3 aromatic rings. The van der Waals surface area contributed by atoms with Crippen LogP contribution >= 0.6 is 22.7 Å². The molecule has 2 aromatic heterocycles. The van der Waals surface area contributed by atoms with Gasteiger partial charge >= 0.3 is 0 Å². The maximum Gasteiger partial charge on any atom is 0.264 e. The number of fused-ring (bicyclic) bond motifs is 2. The van der Waals surface area contributed by atoms with Crippen molar-refractivity contribution in [1.82, 2.24) is 4.57 Å². The van der Waals surface area contributed by atoms with Crippen LogP contribution in [-0.4, -0.2) is 11.2 Å². The van der Waals surface area contributed by atoms with E-state index in [1.807, 2.05) is 12.3 Å². The quantitative estimate of drug-likeness (QED) is 0.637. The monoisotopic (exact) mass is 370 g/mol. The van der Waals surface area contributed by atoms with Crippen LogP contribution in [0.25, 0.3) is 22.4 Å². The van der Waals surface area contributed by atoms with Crippen LogP contribution in [0, 0.1) is 0 Å². The van der Waals surface area contributed by atoms with E-state index in [2.05, 4.69) is 59.4 Å². The van der Waals surface area contributed by atoms with E-state index in [-0.39, 0.29) is 0 Å². The van der Waals surface area contributed by atoms with Crippen LogP contribution in [-0.2, 0) is 13.1 Å². The van der Waals surface area contributed by atoms with Crippen molar-refractivity contribution in [2.24, 2.45) is 4.99 Å². The first-order valence-electron chi connectivity index (χ1n) is 8.46. The molecule has 1 aliphatic heterocycles. The summed E-state index contributed by atoms with van der Waals surface area (Å²) in [4.78, 5) is 6.82. The van der Waals surface area contributed by atoms with Crippen LogP contribution in [0.4, 0.5) is 0 Å². The topological polar surface area (TPSA) is 30.4 Å². The summed E-state index contributed by atoms with van der Waals surface area (Å²) in [6, 6.07) is 8.52. The Morgan fingerprint density at radius 3 is 3.00 bits per heavy atom. The molecule has 128 valence electrons. The van der Waals surface area contributed by atoms with Gasteiger partial charge in [-0.2, -0.15) is 4.57 Å². The fourth-order valence-electron chi connectivity index (χ4n) is 3.00. The van der Waals surface area contributed by atoms with Gasteiger partial charge in [0.2, 0.25) is 11.4 Å². The van der Waals surface area contributed by atoms with E-state index in [0.717, 1.165) is 28.6 Å². The van der Waals surface area contributed by atoms with Crippen molar-refractivity contribution >= 4 is 45.0 Å². The molecule has 4 nitrogen and oxygen atoms in total. The summed E-state index contributed by atoms with van der Waals surface area (Å²) in [5.41, 5.74) is 1.28. The number of ether oxygens (including phenoxy) is 1. The highest BCUT2D eigenvalue weighted by atomic mass is 32.1. The van der Waals surface area contributed by atoms with Crippen LogP contribution in [0.15, 0.2) is 41.5 Å². The van der Waals surface area contributed by atoms with Crippen molar-refractivity contribution in [3.05, 3.63) is 51.2 Å². The zero-order valence-corrected chi connectivity index (χ0v) is 15.9. The molecule has 0 spiro atoms. The normalized spacial score (nSPS) is 14.4. The van der Waals surface area contributed by atoms with Crippen LogP contribution in [0.3, 0.4) is 0 Å². The summed E-state index contributed by atoms with van der Waals surface area (Å²) < 4.78 is 11.5. The lowest BCUT2D eigenvalue weighted by Crippen LogP contribution is -2.33. The van der Waals surface area contributed by atoms with E-state index in [4.69, 9.17) is 9.73 Å². The molecule has 0 amide bonds. The molecule has 25 heavy (non-hydrogen) atoms. The van der Waals surface area contributed by atoms with Gasteiger partial charge in [-0.05, 0) is 32.1 Å². The third-order valence-electron chi connectivity index (χ3n) is 4.14. The Kier molecular flexibility index (Phi) is 4.55. The van der Waals surface area contributed by atoms with Crippen LogP contribution in [0.5, 0.6) is 5.88 Å². The minimum absolute atomic E-state index is 0.636. The first kappa shape index (κ1) is 16.3. The number of nitrogens with zero attached hydrogens (tertiary/aromatic N) is 3. The maximum absolute atomic E-state index is 5.77. The number of hydrogen-bond donors (Lipinski definition) is 0. The number of rotatable bonds is 4. The Morgan fingerprint density at radius 1 is 1.28 bits per heavy atom. The molecule has 0 N–H and O–H groups in total. The largest absolute Gasteiger partial charge is 0.474 e. The number of aromatic nitrogens is 2. The molecule has 0 saturated heterocycles. The maximum atomic E-state index is 5.77. The summed E-state index contributed by atoms with van der Waals surface area (Å²) in [7, 11) is 0. The molecule has 6 heteroatoms. The van der Waals surface area contributed by atoms with Crippen molar-refractivity contribution in [3.63, 3.8) is 0 Å². The highest BCUT2D eigenvalue weighted by Crippen LogP contribution is 2.26. The van der Waals surface area contributed by atoms with Gasteiger partial charge in [0.1, 0.15) is 17.9 Å². The predicted octanol–water partition coefficient (Wildman–Crippen LogP) is 4.07. The Hall–Kier alpha value is -2.18. The molecule has 3 heterocycles. The number of para-hydroxylation sites is 1. The number of aryl methyl sites for hydroxylation is 1. The zero-order chi connectivity index (χ0) is 17.2. The number of thiazole rings is 2. The lowest BCUT2D eigenvalue weighted by atomic mass is 10.3. The summed E-state index contributed by atoms with van der Waals surface area (Å²) in [6.07, 6.45) is 8.17. The van der Waals surface area contributed by atoms with Crippen molar-refractivity contribution in [3.8, 4) is 5.88 Å². The second kappa shape index (κ2) is 6.98. The van der Waals surface area contributed by atoms with Gasteiger partial charge in [-0.3, -0.25) is 4.57 Å². The van der Waals surface area contributed by atoms with Crippen molar-refractivity contribution in [2.45, 2.75) is 26.9 Å². The van der Waals surface area contributed by atoms with Gasteiger partial charge in [0.05, 0.1) is 4.88 Å². The van der Waals surface area contributed by atoms with Gasteiger partial charge in [-0.1, -0.05) is 34.8 Å². The Balaban J connectivity index is 1.73. The van der Waals surface area contributed by atoms with E-state index >= 15 is 0 Å². The number of hydrogen-bond acceptors (Lipinski definition) is 4. The standard InChI is InChI=1S/C19H20N3OS2/c1-3-21-14-8-5-6-9-15(14)24-17(21)11-12-20-19-22(4-2)18-16(25-19)10-7-13-23-18/h5-12H,3-4,13H2,1-2H3/q+1. The predicted molar refractivity (Wildman–Crippen MR) is 105 cm³/mol. The molecule has 0 fully saturated rings. The molecular formula is C19H20N3OS2+. The zero-order valence-electron chi connectivity index (χ0n) is 14.3. The van der Waals surface area contributed by atoms with Gasteiger partial charge in [-0.25, -0.2) is 4.99 Å². The van der Waals surface area contributed by atoms with Gasteiger partial charge in [0.25, 0.3) is 5.01 Å². The van der Waals surface area contributed by atoms with Crippen molar-refractivity contribution in [1.29, 1.82) is 0 Å². The summed E-state index contributed by atoms with van der Waals surface area (Å²) in [5.74, 6) is 0.938. The molecule has 0 radical (unpaired) electrons. The fourth-order valence-corrected chi connectivity index (χ4v) is 5.17. The van der Waals surface area contributed by atoms with Crippen molar-refractivity contribution < 1.29 is 9.30 Å². The fraction of sp³-hybridized carbons (Fsp3) is 0.263. The molecule has 1 aliphatic rings. The van der Waals surface area contributed by atoms with E-state index in [0.29, 0.717) is 6.61 Å². The first-order valence-corrected chi connectivity index (χ1v) is 10.1. The molecule has 1 aromatic carbocycles. The van der Waals surface area contributed by atoms with Gasteiger partial charge < -0.3 is 4.74 Å². The van der Waals surface area contributed by atoms with Crippen molar-refractivity contribution in [2.75, 3.05) is 6.61 Å². The molecule has 4 rings (SSSR count). The van der Waals surface area contributed by atoms with E-state index < -0.39 is 0 Å². The molecule has 0 saturated carbocycles. The van der Waals surface area contributed by atoms with E-state index in [9.17, 15) is 0 Å². The van der Waals surface area contributed by atoms with Crippen LogP contribution < -0.4 is 14.1 Å².